The van der Waals surface area contributed by atoms with Crippen LogP contribution in [0.25, 0.3) is 22.3 Å². The van der Waals surface area contributed by atoms with E-state index in [4.69, 9.17) is 10.5 Å². The summed E-state index contributed by atoms with van der Waals surface area (Å²) in [5.41, 5.74) is 8.10. The second-order valence-electron chi connectivity index (χ2n) is 6.76. The van der Waals surface area contributed by atoms with Gasteiger partial charge in [-0.2, -0.15) is 0 Å². The number of amides is 1. The summed E-state index contributed by atoms with van der Waals surface area (Å²) in [5.74, 6) is -0.600. The summed E-state index contributed by atoms with van der Waals surface area (Å²) in [4.78, 5) is 27.2. The highest BCUT2D eigenvalue weighted by Gasteiger charge is 2.14. The number of aromatic nitrogens is 3. The van der Waals surface area contributed by atoms with Crippen LogP contribution in [0, 0.1) is 5.82 Å². The minimum Gasteiger partial charge on any atom is -0.382 e. The molecule has 3 heterocycles. The number of hydrogen-bond donors (Lipinski definition) is 2. The first-order chi connectivity index (χ1) is 14.1. The number of carbonyl (C=O) groups is 1. The maximum Gasteiger partial charge on any atom is 0.251 e. The zero-order valence-corrected chi connectivity index (χ0v) is 15.8. The summed E-state index contributed by atoms with van der Waals surface area (Å²) < 4.78 is 19.5. The minimum absolute atomic E-state index is 0.237. The molecule has 1 aromatic carbocycles. The minimum atomic E-state index is -0.514. The number of benzene rings is 1. The van der Waals surface area contributed by atoms with E-state index in [9.17, 15) is 9.18 Å². The molecule has 2 aromatic heterocycles. The van der Waals surface area contributed by atoms with E-state index >= 15 is 0 Å². The van der Waals surface area contributed by atoms with Crippen molar-refractivity contribution in [1.82, 2.24) is 25.2 Å². The molecule has 0 spiro atoms. The van der Waals surface area contributed by atoms with Gasteiger partial charge >= 0.3 is 0 Å². The molecule has 0 aliphatic carbocycles. The number of morpholine rings is 1. The van der Waals surface area contributed by atoms with Crippen molar-refractivity contribution in [1.29, 1.82) is 0 Å². The van der Waals surface area contributed by atoms with E-state index in [1.165, 1.54) is 18.5 Å². The third-order valence-corrected chi connectivity index (χ3v) is 4.78. The number of anilines is 1. The zero-order chi connectivity index (χ0) is 20.2. The molecule has 0 radical (unpaired) electrons. The quantitative estimate of drug-likeness (QED) is 0.673. The maximum atomic E-state index is 14.2. The Hall–Kier alpha value is -3.17. The van der Waals surface area contributed by atoms with Crippen LogP contribution >= 0.6 is 0 Å². The number of nitrogens with one attached hydrogen (secondary N) is 1. The fraction of sp³-hybridized carbons (Fsp3) is 0.300. The van der Waals surface area contributed by atoms with Gasteiger partial charge in [-0.1, -0.05) is 0 Å². The molecule has 150 valence electrons. The maximum absolute atomic E-state index is 14.2. The molecule has 8 nitrogen and oxygen atoms in total. The molecule has 0 atom stereocenters. The predicted molar refractivity (Wildman–Crippen MR) is 107 cm³/mol. The van der Waals surface area contributed by atoms with Crippen molar-refractivity contribution >= 4 is 22.8 Å². The average molecular weight is 396 g/mol. The molecule has 0 saturated carbocycles. The van der Waals surface area contributed by atoms with Gasteiger partial charge in [0.1, 0.15) is 17.7 Å². The van der Waals surface area contributed by atoms with Crippen LogP contribution in [0.1, 0.15) is 10.4 Å². The number of carbonyl (C=O) groups excluding carboxylic acids is 1. The molecular weight excluding hydrogens is 375 g/mol. The van der Waals surface area contributed by atoms with Gasteiger partial charge in [-0.3, -0.25) is 9.69 Å². The van der Waals surface area contributed by atoms with Gasteiger partial charge in [0, 0.05) is 37.3 Å². The van der Waals surface area contributed by atoms with Crippen molar-refractivity contribution in [2.75, 3.05) is 45.1 Å². The van der Waals surface area contributed by atoms with E-state index in [-0.39, 0.29) is 17.3 Å². The third-order valence-electron chi connectivity index (χ3n) is 4.78. The molecule has 0 bridgehead atoms. The number of ether oxygens (including phenoxy) is 1. The Morgan fingerprint density at radius 2 is 2.03 bits per heavy atom. The third kappa shape index (κ3) is 4.47. The van der Waals surface area contributed by atoms with Crippen LogP contribution < -0.4 is 11.1 Å². The Kier molecular flexibility index (Phi) is 5.59. The Morgan fingerprint density at radius 1 is 1.21 bits per heavy atom. The van der Waals surface area contributed by atoms with Gasteiger partial charge in [0.05, 0.1) is 24.4 Å². The number of nitrogens with two attached hydrogens (primary N) is 1. The van der Waals surface area contributed by atoms with Gasteiger partial charge in [-0.25, -0.2) is 19.3 Å². The van der Waals surface area contributed by atoms with Crippen LogP contribution in [0.2, 0.25) is 0 Å². The highest BCUT2D eigenvalue weighted by molar-refractivity contribution is 5.95. The van der Waals surface area contributed by atoms with E-state index in [0.717, 1.165) is 19.6 Å². The molecule has 3 aromatic rings. The van der Waals surface area contributed by atoms with Gasteiger partial charge in [-0.05, 0) is 30.3 Å². The van der Waals surface area contributed by atoms with Crippen LogP contribution in [0.4, 0.5) is 10.2 Å². The van der Waals surface area contributed by atoms with Crippen LogP contribution in [0.5, 0.6) is 0 Å². The molecule has 1 amide bonds. The molecule has 1 aliphatic rings. The second kappa shape index (κ2) is 8.46. The molecule has 1 aliphatic heterocycles. The summed E-state index contributed by atoms with van der Waals surface area (Å²) >= 11 is 0. The van der Waals surface area contributed by atoms with Crippen LogP contribution in [-0.2, 0) is 4.74 Å². The topological polar surface area (TPSA) is 106 Å². The van der Waals surface area contributed by atoms with Gasteiger partial charge < -0.3 is 15.8 Å². The van der Waals surface area contributed by atoms with Crippen LogP contribution in [-0.4, -0.2) is 65.2 Å². The molecule has 3 N–H and O–H groups in total. The molecule has 1 fully saturated rings. The first kappa shape index (κ1) is 19.2. The van der Waals surface area contributed by atoms with Crippen molar-refractivity contribution < 1.29 is 13.9 Å². The number of hydrogen-bond acceptors (Lipinski definition) is 7. The number of rotatable bonds is 5. The Labute approximate surface area is 166 Å². The molecular formula is C20H21FN6O2. The number of halogens is 1. The zero-order valence-electron chi connectivity index (χ0n) is 15.8. The molecule has 1 saturated heterocycles. The standard InChI is InChI=1S/C20H21FN6O2/c21-15-10-13(16-1-2-17-18(26-16)19(22)25-12-24-17)9-14(11-15)20(28)23-3-4-27-5-7-29-8-6-27/h1-2,9-12H,3-8H2,(H,23,28)(H2,22,24,25). The van der Waals surface area contributed by atoms with E-state index in [2.05, 4.69) is 25.2 Å². The monoisotopic (exact) mass is 396 g/mol. The first-order valence-electron chi connectivity index (χ1n) is 9.36. The summed E-state index contributed by atoms with van der Waals surface area (Å²) in [5, 5.41) is 2.84. The van der Waals surface area contributed by atoms with E-state index < -0.39 is 5.82 Å². The van der Waals surface area contributed by atoms with Crippen molar-refractivity contribution in [3.8, 4) is 11.3 Å². The lowest BCUT2D eigenvalue weighted by Gasteiger charge is -2.26. The highest BCUT2D eigenvalue weighted by Crippen LogP contribution is 2.24. The van der Waals surface area contributed by atoms with Crippen molar-refractivity contribution in [2.45, 2.75) is 0 Å². The largest absolute Gasteiger partial charge is 0.382 e. The number of pyridine rings is 1. The smallest absolute Gasteiger partial charge is 0.251 e. The van der Waals surface area contributed by atoms with Crippen molar-refractivity contribution in [3.63, 3.8) is 0 Å². The lowest BCUT2D eigenvalue weighted by Crippen LogP contribution is -2.41. The molecule has 29 heavy (non-hydrogen) atoms. The summed E-state index contributed by atoms with van der Waals surface area (Å²) in [6.45, 7) is 4.31. The van der Waals surface area contributed by atoms with Crippen molar-refractivity contribution in [2.24, 2.45) is 0 Å². The van der Waals surface area contributed by atoms with Crippen LogP contribution in [0.15, 0.2) is 36.7 Å². The molecule has 0 unspecified atom stereocenters. The fourth-order valence-corrected chi connectivity index (χ4v) is 3.24. The molecule has 9 heteroatoms. The summed E-state index contributed by atoms with van der Waals surface area (Å²) in [6, 6.07) is 7.61. The first-order valence-corrected chi connectivity index (χ1v) is 9.36. The lowest BCUT2D eigenvalue weighted by molar-refractivity contribution is 0.0383. The van der Waals surface area contributed by atoms with Gasteiger partial charge in [0.15, 0.2) is 5.82 Å². The van der Waals surface area contributed by atoms with E-state index in [1.54, 1.807) is 18.2 Å². The number of nitrogens with zero attached hydrogens (tertiary/aromatic N) is 4. The van der Waals surface area contributed by atoms with E-state index in [0.29, 0.717) is 42.0 Å². The molecule has 4 rings (SSSR count). The fourth-order valence-electron chi connectivity index (χ4n) is 3.24. The predicted octanol–water partition coefficient (Wildman–Crippen LogP) is 1.48. The summed E-state index contributed by atoms with van der Waals surface area (Å²) in [6.07, 6.45) is 1.36. The Bertz CT molecular complexity index is 1040. The SMILES string of the molecule is Nc1ncnc2ccc(-c3cc(F)cc(C(=O)NCCN4CCOCC4)c3)nc12. The second-order valence-corrected chi connectivity index (χ2v) is 6.76. The Morgan fingerprint density at radius 3 is 2.86 bits per heavy atom. The van der Waals surface area contributed by atoms with Crippen molar-refractivity contribution in [3.05, 3.63) is 48.0 Å². The Balaban J connectivity index is 1.51. The summed E-state index contributed by atoms with van der Waals surface area (Å²) in [7, 11) is 0. The van der Waals surface area contributed by atoms with E-state index in [1.807, 2.05) is 0 Å². The van der Waals surface area contributed by atoms with Gasteiger partial charge in [0.25, 0.3) is 5.91 Å². The normalized spacial score (nSPS) is 14.8. The average Bonchev–Trinajstić information content (AvgIpc) is 2.74. The van der Waals surface area contributed by atoms with Gasteiger partial charge in [-0.15, -0.1) is 0 Å². The highest BCUT2D eigenvalue weighted by atomic mass is 19.1. The lowest BCUT2D eigenvalue weighted by atomic mass is 10.1. The van der Waals surface area contributed by atoms with Gasteiger partial charge in [0.2, 0.25) is 0 Å². The number of fused-ring (bicyclic) bond motifs is 1. The van der Waals surface area contributed by atoms with Crippen LogP contribution in [0.3, 0.4) is 0 Å². The number of nitrogen functional groups attached to an aromatic ring is 1.